The summed E-state index contributed by atoms with van der Waals surface area (Å²) in [6.45, 7) is 1.40. The molecule has 10 heteroatoms. The van der Waals surface area contributed by atoms with Crippen LogP contribution in [0.15, 0.2) is 23.1 Å². The summed E-state index contributed by atoms with van der Waals surface area (Å²) in [5.41, 5.74) is -0.623. The maximum atomic E-state index is 12.9. The van der Waals surface area contributed by atoms with E-state index in [0.717, 1.165) is 10.4 Å². The Bertz CT molecular complexity index is 751. The van der Waals surface area contributed by atoms with E-state index in [4.69, 9.17) is 16.7 Å². The molecule has 0 spiro atoms. The van der Waals surface area contributed by atoms with Crippen molar-refractivity contribution >= 4 is 33.3 Å². The van der Waals surface area contributed by atoms with E-state index in [1.807, 2.05) is 0 Å². The number of rotatable bonds is 4. The first kappa shape index (κ1) is 17.6. The summed E-state index contributed by atoms with van der Waals surface area (Å²) in [5.74, 6) is -1.94. The van der Waals surface area contributed by atoms with Crippen molar-refractivity contribution in [2.75, 3.05) is 6.54 Å². The van der Waals surface area contributed by atoms with Gasteiger partial charge in [-0.2, -0.15) is 4.31 Å². The lowest BCUT2D eigenvalue weighted by molar-refractivity contribution is -0.387. The number of benzene rings is 1. The van der Waals surface area contributed by atoms with E-state index in [-0.39, 0.29) is 11.6 Å². The van der Waals surface area contributed by atoms with Crippen LogP contribution in [-0.4, -0.2) is 41.3 Å². The summed E-state index contributed by atoms with van der Waals surface area (Å²) in [6.07, 6.45) is 0.710. The van der Waals surface area contributed by atoms with Gasteiger partial charge in [0.15, 0.2) is 4.90 Å². The highest BCUT2D eigenvalue weighted by atomic mass is 35.5. The molecule has 1 aliphatic heterocycles. The number of carboxylic acid groups (broad SMARTS) is 1. The number of hydrogen-bond acceptors (Lipinski definition) is 5. The van der Waals surface area contributed by atoms with Crippen molar-refractivity contribution < 1.29 is 23.2 Å². The van der Waals surface area contributed by atoms with Crippen LogP contribution in [0.4, 0.5) is 5.69 Å². The Morgan fingerprint density at radius 2 is 2.09 bits per heavy atom. The first-order chi connectivity index (χ1) is 10.7. The maximum absolute atomic E-state index is 12.9. The minimum Gasteiger partial charge on any atom is -0.481 e. The van der Waals surface area contributed by atoms with Gasteiger partial charge in [0.05, 0.1) is 15.9 Å². The monoisotopic (exact) mass is 362 g/mol. The third kappa shape index (κ3) is 3.31. The van der Waals surface area contributed by atoms with Crippen LogP contribution in [0.25, 0.3) is 0 Å². The summed E-state index contributed by atoms with van der Waals surface area (Å²) >= 11 is 5.90. The molecule has 0 bridgehead atoms. The average molecular weight is 363 g/mol. The van der Waals surface area contributed by atoms with Gasteiger partial charge in [-0.25, -0.2) is 8.42 Å². The van der Waals surface area contributed by atoms with Crippen molar-refractivity contribution in [3.8, 4) is 0 Å². The van der Waals surface area contributed by atoms with Crippen molar-refractivity contribution in [2.24, 2.45) is 5.92 Å². The van der Waals surface area contributed by atoms with Crippen LogP contribution in [0.3, 0.4) is 0 Å². The maximum Gasteiger partial charge on any atom is 0.307 e. The standard InChI is InChI=1S/C13H15ClN2O6S/c1-8-5-6-9(13(17)18)7-15(8)23(21,22)12-10(14)3-2-4-11(12)16(19)20/h2-4,8-9H,5-7H2,1H3,(H,17,18). The predicted octanol–water partition coefficient (Wildman–Crippen LogP) is 2.12. The number of nitrogens with zero attached hydrogens (tertiary/aromatic N) is 2. The molecule has 1 aromatic carbocycles. The molecule has 2 unspecified atom stereocenters. The molecule has 8 nitrogen and oxygen atoms in total. The Kier molecular flexibility index (Phi) is 4.92. The summed E-state index contributed by atoms with van der Waals surface area (Å²) in [7, 11) is -4.29. The Hall–Kier alpha value is -1.71. The molecule has 2 rings (SSSR count). The van der Waals surface area contributed by atoms with Gasteiger partial charge in [0.2, 0.25) is 0 Å². The lowest BCUT2D eigenvalue weighted by Gasteiger charge is -2.35. The average Bonchev–Trinajstić information content (AvgIpc) is 2.46. The van der Waals surface area contributed by atoms with E-state index in [1.54, 1.807) is 6.92 Å². The zero-order valence-corrected chi connectivity index (χ0v) is 13.7. The predicted molar refractivity (Wildman–Crippen MR) is 81.8 cm³/mol. The van der Waals surface area contributed by atoms with Gasteiger partial charge in [-0.3, -0.25) is 14.9 Å². The summed E-state index contributed by atoms with van der Waals surface area (Å²) in [5, 5.41) is 20.0. The van der Waals surface area contributed by atoms with Gasteiger partial charge in [0.25, 0.3) is 15.7 Å². The Labute approximate surface area is 137 Å². The Morgan fingerprint density at radius 3 is 2.65 bits per heavy atom. The van der Waals surface area contributed by atoms with Crippen molar-refractivity contribution in [2.45, 2.75) is 30.7 Å². The first-order valence-corrected chi connectivity index (χ1v) is 8.65. The van der Waals surface area contributed by atoms with E-state index in [9.17, 15) is 23.3 Å². The number of nitro groups is 1. The van der Waals surface area contributed by atoms with Crippen LogP contribution in [0.1, 0.15) is 19.8 Å². The normalized spacial score (nSPS) is 22.7. The molecule has 1 aliphatic rings. The molecule has 1 heterocycles. The van der Waals surface area contributed by atoms with E-state index in [2.05, 4.69) is 0 Å². The molecule has 0 amide bonds. The molecular formula is C13H15ClN2O6S. The fraction of sp³-hybridized carbons (Fsp3) is 0.462. The molecule has 2 atom stereocenters. The van der Waals surface area contributed by atoms with Crippen LogP contribution in [0.2, 0.25) is 5.02 Å². The molecular weight excluding hydrogens is 348 g/mol. The zero-order valence-electron chi connectivity index (χ0n) is 12.2. The van der Waals surface area contributed by atoms with Crippen LogP contribution < -0.4 is 0 Å². The minimum atomic E-state index is -4.29. The number of piperidine rings is 1. The number of nitro benzene ring substituents is 1. The molecule has 1 N–H and O–H groups in total. The Morgan fingerprint density at radius 1 is 1.43 bits per heavy atom. The number of carbonyl (C=O) groups is 1. The van der Waals surface area contributed by atoms with Crippen molar-refractivity contribution in [3.05, 3.63) is 33.3 Å². The fourth-order valence-electron chi connectivity index (χ4n) is 2.63. The third-order valence-electron chi connectivity index (χ3n) is 3.88. The zero-order chi connectivity index (χ0) is 17.4. The highest BCUT2D eigenvalue weighted by Gasteiger charge is 2.41. The fourth-order valence-corrected chi connectivity index (χ4v) is 5.00. The van der Waals surface area contributed by atoms with Crippen LogP contribution >= 0.6 is 11.6 Å². The van der Waals surface area contributed by atoms with Gasteiger partial charge < -0.3 is 5.11 Å². The third-order valence-corrected chi connectivity index (χ3v) is 6.38. The summed E-state index contributed by atoms with van der Waals surface area (Å²) in [6, 6.07) is 3.14. The summed E-state index contributed by atoms with van der Waals surface area (Å²) < 4.78 is 26.7. The minimum absolute atomic E-state index is 0.235. The van der Waals surface area contributed by atoms with Crippen molar-refractivity contribution in [1.29, 1.82) is 0 Å². The molecule has 0 aliphatic carbocycles. The SMILES string of the molecule is CC1CCC(C(=O)O)CN1S(=O)(=O)c1c(Cl)cccc1[N+](=O)[O-]. The second kappa shape index (κ2) is 6.42. The van der Waals surface area contributed by atoms with E-state index >= 15 is 0 Å². The lowest BCUT2D eigenvalue weighted by atomic mass is 9.96. The van der Waals surface area contributed by atoms with Gasteiger partial charge >= 0.3 is 5.97 Å². The quantitative estimate of drug-likeness (QED) is 0.647. The topological polar surface area (TPSA) is 118 Å². The molecule has 0 radical (unpaired) electrons. The van der Waals surface area contributed by atoms with E-state index < -0.39 is 43.5 Å². The molecule has 126 valence electrons. The van der Waals surface area contributed by atoms with Crippen LogP contribution in [0.5, 0.6) is 0 Å². The highest BCUT2D eigenvalue weighted by Crippen LogP contribution is 2.36. The van der Waals surface area contributed by atoms with Gasteiger partial charge in [0, 0.05) is 18.7 Å². The second-order valence-electron chi connectivity index (χ2n) is 5.38. The van der Waals surface area contributed by atoms with Crippen molar-refractivity contribution in [3.63, 3.8) is 0 Å². The number of aliphatic carboxylic acids is 1. The van der Waals surface area contributed by atoms with Crippen LogP contribution in [-0.2, 0) is 14.8 Å². The summed E-state index contributed by atoms with van der Waals surface area (Å²) in [4.78, 5) is 20.9. The second-order valence-corrected chi connectivity index (χ2v) is 7.62. The molecule has 0 aromatic heterocycles. The molecule has 1 aromatic rings. The lowest BCUT2D eigenvalue weighted by Crippen LogP contribution is -2.47. The number of carboxylic acids is 1. The van der Waals surface area contributed by atoms with E-state index in [0.29, 0.717) is 12.8 Å². The van der Waals surface area contributed by atoms with Gasteiger partial charge in [0.1, 0.15) is 0 Å². The molecule has 23 heavy (non-hydrogen) atoms. The van der Waals surface area contributed by atoms with Gasteiger partial charge in [-0.05, 0) is 25.8 Å². The molecule has 1 fully saturated rings. The van der Waals surface area contributed by atoms with Gasteiger partial charge in [-0.15, -0.1) is 0 Å². The Balaban J connectivity index is 2.54. The molecule has 1 saturated heterocycles. The number of hydrogen-bond donors (Lipinski definition) is 1. The van der Waals surface area contributed by atoms with Crippen LogP contribution in [0, 0.1) is 16.0 Å². The smallest absolute Gasteiger partial charge is 0.307 e. The van der Waals surface area contributed by atoms with Crippen molar-refractivity contribution in [1.82, 2.24) is 4.31 Å². The molecule has 0 saturated carbocycles. The van der Waals surface area contributed by atoms with E-state index in [1.165, 1.54) is 12.1 Å². The highest BCUT2D eigenvalue weighted by molar-refractivity contribution is 7.89. The first-order valence-electron chi connectivity index (χ1n) is 6.83. The number of halogens is 1. The van der Waals surface area contributed by atoms with Gasteiger partial charge in [-0.1, -0.05) is 17.7 Å². The largest absolute Gasteiger partial charge is 0.481 e. The number of sulfonamides is 1.